The standard InChI is InChI=1S/C7H7I.3CH3.Sn/c1-8-7-5-3-2-4-6-7;;;;/h3-6H,1H3;3*1H3;/q+1;;;;. The summed E-state index contributed by atoms with van der Waals surface area (Å²) in [6.45, 7) is 0. The van der Waals surface area contributed by atoms with E-state index in [9.17, 15) is 0 Å². The third kappa shape index (κ3) is 2.91. The quantitative estimate of drug-likeness (QED) is 0.355. The summed E-state index contributed by atoms with van der Waals surface area (Å²) in [5.74, 6) is 0. The van der Waals surface area contributed by atoms with Gasteiger partial charge in [-0.15, -0.1) is 0 Å². The maximum atomic E-state index is 2.46. The molecule has 1 rings (SSSR count). The molecule has 0 N–H and O–H groups in total. The molecule has 66 valence electrons. The number of rotatable bonds is 2. The van der Waals surface area contributed by atoms with Crippen LogP contribution in [-0.2, 0) is 0 Å². The van der Waals surface area contributed by atoms with Crippen molar-refractivity contribution in [3.05, 3.63) is 27.8 Å². The van der Waals surface area contributed by atoms with E-state index in [-0.39, 0.29) is 21.2 Å². The van der Waals surface area contributed by atoms with Gasteiger partial charge in [-0.2, -0.15) is 0 Å². The van der Waals surface area contributed by atoms with Crippen LogP contribution >= 0.6 is 0 Å². The third-order valence-corrected chi connectivity index (χ3v) is 9.79. The molecule has 0 amide bonds. The first-order valence-corrected chi connectivity index (χ1v) is 17.4. The van der Waals surface area contributed by atoms with Gasteiger partial charge in [0.15, 0.2) is 0 Å². The number of hydrogen-bond acceptors (Lipinski definition) is 0. The first-order chi connectivity index (χ1) is 5.54. The summed E-state index contributed by atoms with van der Waals surface area (Å²) in [4.78, 5) is 9.70. The van der Waals surface area contributed by atoms with E-state index in [0.717, 1.165) is 0 Å². The summed E-state index contributed by atoms with van der Waals surface area (Å²) in [5, 5.41) is 0. The summed E-state index contributed by atoms with van der Waals surface area (Å²) < 4.78 is 3.21. The minimum atomic E-state index is -1.75. The van der Waals surface area contributed by atoms with E-state index in [0.29, 0.717) is 0 Å². The molecule has 0 heterocycles. The molecule has 0 aliphatic carbocycles. The second-order valence-electron chi connectivity index (χ2n) is 3.95. The number of hydrogen-bond donors (Lipinski definition) is 0. The Bertz CT molecular complexity index is 246. The molecule has 0 spiro atoms. The van der Waals surface area contributed by atoms with Gasteiger partial charge in [-0.3, -0.25) is 0 Å². The Labute approximate surface area is 89.9 Å². The molecule has 0 radical (unpaired) electrons. The Kier molecular flexibility index (Phi) is 3.89. The Balaban J connectivity index is 2.93. The number of alkyl halides is 1. The second-order valence-corrected chi connectivity index (χ2v) is 20.8. The SMILES string of the molecule is C[I+]c1cc[c]([Sn]([CH3])([CH3])[CH3])cc1. The number of benzene rings is 1. The topological polar surface area (TPSA) is 0 Å². The molecule has 0 bridgehead atoms. The predicted octanol–water partition coefficient (Wildman–Crippen LogP) is -0.880. The molecule has 0 atom stereocenters. The van der Waals surface area contributed by atoms with Gasteiger partial charge in [0.1, 0.15) is 0 Å². The van der Waals surface area contributed by atoms with Crippen LogP contribution in [0.2, 0.25) is 14.8 Å². The minimum absolute atomic E-state index is 0.283. The zero-order valence-electron chi connectivity index (χ0n) is 8.19. The fraction of sp³-hybridized carbons (Fsp3) is 0.400. The Morgan fingerprint density at radius 3 is 1.83 bits per heavy atom. The van der Waals surface area contributed by atoms with Crippen LogP contribution in [0.25, 0.3) is 0 Å². The van der Waals surface area contributed by atoms with Crippen molar-refractivity contribution < 1.29 is 21.2 Å². The van der Waals surface area contributed by atoms with Gasteiger partial charge in [0, 0.05) is 0 Å². The van der Waals surface area contributed by atoms with E-state index >= 15 is 0 Å². The van der Waals surface area contributed by atoms with Crippen molar-refractivity contribution in [2.24, 2.45) is 0 Å². The van der Waals surface area contributed by atoms with Gasteiger partial charge in [-0.25, -0.2) is 0 Å². The molecule has 2 heteroatoms. The molecule has 1 aromatic rings. The van der Waals surface area contributed by atoms with Crippen LogP contribution in [0.4, 0.5) is 0 Å². The molecule has 0 aliphatic heterocycles. The predicted molar refractivity (Wildman–Crippen MR) is 54.0 cm³/mol. The molecular weight excluding hydrogens is 366 g/mol. The summed E-state index contributed by atoms with van der Waals surface area (Å²) >= 11 is -1.47. The van der Waals surface area contributed by atoms with E-state index in [1.807, 2.05) is 0 Å². The van der Waals surface area contributed by atoms with Gasteiger partial charge in [0.25, 0.3) is 0 Å². The molecule has 0 saturated heterocycles. The van der Waals surface area contributed by atoms with Crippen LogP contribution in [0.15, 0.2) is 24.3 Å². The summed E-state index contributed by atoms with van der Waals surface area (Å²) in [5.41, 5.74) is 0. The molecule has 0 aromatic heterocycles. The summed E-state index contributed by atoms with van der Waals surface area (Å²) in [7, 11) is 0. The van der Waals surface area contributed by atoms with Crippen LogP contribution in [0, 0.1) is 3.57 Å². The fourth-order valence-electron chi connectivity index (χ4n) is 1.08. The van der Waals surface area contributed by atoms with E-state index in [4.69, 9.17) is 0 Å². The second kappa shape index (κ2) is 4.31. The van der Waals surface area contributed by atoms with E-state index < -0.39 is 18.4 Å². The van der Waals surface area contributed by atoms with Crippen molar-refractivity contribution >= 4 is 22.0 Å². The normalized spacial score (nSPS) is 11.7. The Morgan fingerprint density at radius 1 is 1.00 bits per heavy atom. The van der Waals surface area contributed by atoms with E-state index in [1.54, 1.807) is 7.15 Å². The van der Waals surface area contributed by atoms with Crippen LogP contribution in [0.3, 0.4) is 0 Å². The van der Waals surface area contributed by atoms with Gasteiger partial charge >= 0.3 is 90.7 Å². The van der Waals surface area contributed by atoms with Gasteiger partial charge in [0.05, 0.1) is 0 Å². The van der Waals surface area contributed by atoms with Gasteiger partial charge in [-0.05, 0) is 0 Å². The molecule has 12 heavy (non-hydrogen) atoms. The molecular formula is C10H16ISn+. The Hall–Kier alpha value is 0.749. The maximum absolute atomic E-state index is 2.46. The van der Waals surface area contributed by atoms with Crippen molar-refractivity contribution in [3.63, 3.8) is 0 Å². The molecule has 0 nitrogen and oxygen atoms in total. The van der Waals surface area contributed by atoms with Crippen LogP contribution in [0.5, 0.6) is 0 Å². The molecule has 0 aliphatic rings. The Morgan fingerprint density at radius 2 is 1.50 bits per heavy atom. The fourth-order valence-corrected chi connectivity index (χ4v) is 5.48. The van der Waals surface area contributed by atoms with Gasteiger partial charge in [0.2, 0.25) is 0 Å². The van der Waals surface area contributed by atoms with Crippen LogP contribution in [-0.4, -0.2) is 23.3 Å². The molecule has 1 aromatic carbocycles. The van der Waals surface area contributed by atoms with Crippen molar-refractivity contribution in [3.8, 4) is 0 Å². The monoisotopic (exact) mass is 383 g/mol. The zero-order valence-corrected chi connectivity index (χ0v) is 13.2. The van der Waals surface area contributed by atoms with Crippen LogP contribution < -0.4 is 24.8 Å². The van der Waals surface area contributed by atoms with Crippen molar-refractivity contribution in [2.75, 3.05) is 4.93 Å². The third-order valence-electron chi connectivity index (χ3n) is 1.93. The van der Waals surface area contributed by atoms with Crippen LogP contribution in [0.1, 0.15) is 0 Å². The van der Waals surface area contributed by atoms with E-state index in [2.05, 4.69) is 44.0 Å². The van der Waals surface area contributed by atoms with Crippen molar-refractivity contribution in [2.45, 2.75) is 14.8 Å². The molecule has 0 unspecified atom stereocenters. The van der Waals surface area contributed by atoms with Crippen molar-refractivity contribution in [1.82, 2.24) is 0 Å². The average molecular weight is 382 g/mol. The summed E-state index contributed by atoms with van der Waals surface area (Å²) in [6, 6.07) is 9.36. The zero-order chi connectivity index (χ0) is 9.19. The first-order valence-electron chi connectivity index (χ1n) is 4.14. The van der Waals surface area contributed by atoms with Gasteiger partial charge in [-0.1, -0.05) is 0 Å². The molecule has 0 saturated carbocycles. The number of halogens is 1. The van der Waals surface area contributed by atoms with Gasteiger partial charge < -0.3 is 0 Å². The summed E-state index contributed by atoms with van der Waals surface area (Å²) in [6.07, 6.45) is 0. The molecule has 0 fully saturated rings. The van der Waals surface area contributed by atoms with Crippen molar-refractivity contribution in [1.29, 1.82) is 0 Å². The van der Waals surface area contributed by atoms with E-state index in [1.165, 1.54) is 0 Å². The average Bonchev–Trinajstić information content (AvgIpc) is 2.03. The first kappa shape index (κ1) is 10.8.